The average Bonchev–Trinajstić information content (AvgIpc) is 2.87. The number of hydrogen-bond acceptors (Lipinski definition) is 6. The molecule has 1 aromatic carbocycles. The van der Waals surface area contributed by atoms with E-state index in [0.29, 0.717) is 17.0 Å². The SMILES string of the molecule is CC(=O)OC(=O)c1n[nH]c(C)c1C(C)=NNc1ccccc1. The Kier molecular flexibility index (Phi) is 4.67. The van der Waals surface area contributed by atoms with Crippen LogP contribution in [0.25, 0.3) is 0 Å². The molecule has 1 aromatic heterocycles. The summed E-state index contributed by atoms with van der Waals surface area (Å²) >= 11 is 0. The van der Waals surface area contributed by atoms with E-state index in [1.54, 1.807) is 13.8 Å². The maximum atomic E-state index is 11.9. The molecular weight excluding hydrogens is 284 g/mol. The smallest absolute Gasteiger partial charge is 0.367 e. The number of carbonyl (C=O) groups is 2. The van der Waals surface area contributed by atoms with Crippen molar-refractivity contribution in [1.29, 1.82) is 0 Å². The summed E-state index contributed by atoms with van der Waals surface area (Å²) in [4.78, 5) is 22.8. The van der Waals surface area contributed by atoms with E-state index in [9.17, 15) is 9.59 Å². The van der Waals surface area contributed by atoms with E-state index >= 15 is 0 Å². The number of rotatable bonds is 4. The molecule has 0 fully saturated rings. The fourth-order valence-electron chi connectivity index (χ4n) is 1.92. The number of aromatic nitrogens is 2. The Morgan fingerprint density at radius 3 is 2.55 bits per heavy atom. The molecule has 2 rings (SSSR count). The Hall–Kier alpha value is -2.96. The lowest BCUT2D eigenvalue weighted by Gasteiger charge is -2.04. The van der Waals surface area contributed by atoms with Gasteiger partial charge in [0, 0.05) is 12.6 Å². The second-order valence-corrected chi connectivity index (χ2v) is 4.63. The summed E-state index contributed by atoms with van der Waals surface area (Å²) in [7, 11) is 0. The highest BCUT2D eigenvalue weighted by Gasteiger charge is 2.22. The van der Waals surface area contributed by atoms with Gasteiger partial charge in [-0.25, -0.2) is 4.79 Å². The molecule has 2 aromatic rings. The summed E-state index contributed by atoms with van der Waals surface area (Å²) in [5.41, 5.74) is 5.46. The lowest BCUT2D eigenvalue weighted by Crippen LogP contribution is -2.14. The van der Waals surface area contributed by atoms with E-state index in [1.807, 2.05) is 30.3 Å². The van der Waals surface area contributed by atoms with Crippen molar-refractivity contribution in [3.8, 4) is 0 Å². The summed E-state index contributed by atoms with van der Waals surface area (Å²) in [5, 5.41) is 10.8. The van der Waals surface area contributed by atoms with Crippen LogP contribution in [0.4, 0.5) is 5.69 Å². The Morgan fingerprint density at radius 2 is 1.91 bits per heavy atom. The van der Waals surface area contributed by atoms with Crippen LogP contribution in [0, 0.1) is 6.92 Å². The van der Waals surface area contributed by atoms with E-state index in [0.717, 1.165) is 12.6 Å². The molecule has 0 radical (unpaired) electrons. The summed E-state index contributed by atoms with van der Waals surface area (Å²) in [6.45, 7) is 4.65. The number of esters is 2. The normalized spacial score (nSPS) is 11.1. The standard InChI is InChI=1S/C15H16N4O3/c1-9(16-18-12-7-5-4-6-8-12)13-10(2)17-19-14(13)15(21)22-11(3)20/h4-8,18H,1-3H3,(H,17,19). The summed E-state index contributed by atoms with van der Waals surface area (Å²) < 4.78 is 4.57. The minimum atomic E-state index is -0.805. The third-order valence-corrected chi connectivity index (χ3v) is 2.87. The van der Waals surface area contributed by atoms with Crippen LogP contribution >= 0.6 is 0 Å². The number of ether oxygens (including phenoxy) is 1. The minimum absolute atomic E-state index is 0.0313. The van der Waals surface area contributed by atoms with E-state index in [1.165, 1.54) is 0 Å². The Morgan fingerprint density at radius 1 is 1.23 bits per heavy atom. The number of aryl methyl sites for hydroxylation is 1. The second-order valence-electron chi connectivity index (χ2n) is 4.63. The molecule has 0 aliphatic rings. The van der Waals surface area contributed by atoms with Gasteiger partial charge >= 0.3 is 11.9 Å². The number of H-pyrrole nitrogens is 1. The van der Waals surface area contributed by atoms with Crippen LogP contribution in [0.2, 0.25) is 0 Å². The highest BCUT2D eigenvalue weighted by atomic mass is 16.6. The molecule has 0 bridgehead atoms. The Balaban J connectivity index is 2.25. The summed E-state index contributed by atoms with van der Waals surface area (Å²) in [6.07, 6.45) is 0. The quantitative estimate of drug-likeness (QED) is 0.391. The molecule has 7 nitrogen and oxygen atoms in total. The fourth-order valence-corrected chi connectivity index (χ4v) is 1.92. The number of anilines is 1. The molecule has 0 unspecified atom stereocenters. The highest BCUT2D eigenvalue weighted by molar-refractivity contribution is 6.09. The molecule has 0 saturated heterocycles. The third-order valence-electron chi connectivity index (χ3n) is 2.87. The first kappa shape index (κ1) is 15.4. The molecule has 22 heavy (non-hydrogen) atoms. The van der Waals surface area contributed by atoms with Gasteiger partial charge in [-0.05, 0) is 26.0 Å². The maximum Gasteiger partial charge on any atom is 0.367 e. The van der Waals surface area contributed by atoms with E-state index < -0.39 is 11.9 Å². The van der Waals surface area contributed by atoms with Gasteiger partial charge in [0.25, 0.3) is 0 Å². The molecular formula is C15H16N4O3. The predicted molar refractivity (Wildman–Crippen MR) is 81.7 cm³/mol. The van der Waals surface area contributed by atoms with Crippen LogP contribution in [-0.2, 0) is 9.53 Å². The molecule has 0 aliphatic heterocycles. The van der Waals surface area contributed by atoms with Gasteiger partial charge in [-0.1, -0.05) is 18.2 Å². The van der Waals surface area contributed by atoms with Gasteiger partial charge in [0.1, 0.15) is 0 Å². The van der Waals surface area contributed by atoms with Crippen molar-refractivity contribution in [3.63, 3.8) is 0 Å². The van der Waals surface area contributed by atoms with Crippen molar-refractivity contribution in [1.82, 2.24) is 10.2 Å². The topological polar surface area (TPSA) is 96.4 Å². The monoisotopic (exact) mass is 300 g/mol. The lowest BCUT2D eigenvalue weighted by atomic mass is 10.1. The second kappa shape index (κ2) is 6.66. The summed E-state index contributed by atoms with van der Waals surface area (Å²) in [6, 6.07) is 9.39. The van der Waals surface area contributed by atoms with Crippen molar-refractivity contribution >= 4 is 23.3 Å². The number of nitrogens with zero attached hydrogens (tertiary/aromatic N) is 2. The minimum Gasteiger partial charge on any atom is -0.388 e. The number of hydrogen-bond donors (Lipinski definition) is 2. The van der Waals surface area contributed by atoms with Crippen molar-refractivity contribution in [3.05, 3.63) is 47.3 Å². The molecule has 0 aliphatic carbocycles. The zero-order valence-electron chi connectivity index (χ0n) is 12.5. The fraction of sp³-hybridized carbons (Fsp3) is 0.200. The molecule has 0 saturated carbocycles. The Bertz CT molecular complexity index is 720. The molecule has 0 amide bonds. The van der Waals surface area contributed by atoms with Gasteiger partial charge in [-0.3, -0.25) is 15.3 Å². The predicted octanol–water partition coefficient (Wildman–Crippen LogP) is 2.26. The summed E-state index contributed by atoms with van der Waals surface area (Å²) in [5.74, 6) is -1.49. The number of benzene rings is 1. The first-order valence-corrected chi connectivity index (χ1v) is 6.62. The number of aromatic amines is 1. The van der Waals surface area contributed by atoms with Gasteiger partial charge in [-0.2, -0.15) is 10.2 Å². The number of nitrogens with one attached hydrogen (secondary N) is 2. The van der Waals surface area contributed by atoms with Gasteiger partial charge in [-0.15, -0.1) is 0 Å². The van der Waals surface area contributed by atoms with Gasteiger partial charge in [0.05, 0.1) is 17.0 Å². The van der Waals surface area contributed by atoms with Gasteiger partial charge < -0.3 is 4.74 Å². The van der Waals surface area contributed by atoms with Crippen LogP contribution in [0.15, 0.2) is 35.4 Å². The van der Waals surface area contributed by atoms with Crippen molar-refractivity contribution in [2.75, 3.05) is 5.43 Å². The molecule has 7 heteroatoms. The number of para-hydroxylation sites is 1. The van der Waals surface area contributed by atoms with Crippen LogP contribution < -0.4 is 5.43 Å². The first-order valence-electron chi connectivity index (χ1n) is 6.62. The van der Waals surface area contributed by atoms with Crippen molar-refractivity contribution < 1.29 is 14.3 Å². The van der Waals surface area contributed by atoms with Crippen LogP contribution in [0.3, 0.4) is 0 Å². The molecule has 0 spiro atoms. The zero-order valence-corrected chi connectivity index (χ0v) is 12.5. The largest absolute Gasteiger partial charge is 0.388 e. The van der Waals surface area contributed by atoms with Crippen LogP contribution in [-0.4, -0.2) is 27.8 Å². The van der Waals surface area contributed by atoms with E-state index in [2.05, 4.69) is 25.5 Å². The van der Waals surface area contributed by atoms with Crippen LogP contribution in [0.1, 0.15) is 35.6 Å². The van der Waals surface area contributed by atoms with E-state index in [-0.39, 0.29) is 5.69 Å². The van der Waals surface area contributed by atoms with Crippen molar-refractivity contribution in [2.24, 2.45) is 5.10 Å². The molecule has 2 N–H and O–H groups in total. The molecule has 0 atom stereocenters. The highest BCUT2D eigenvalue weighted by Crippen LogP contribution is 2.14. The van der Waals surface area contributed by atoms with Crippen molar-refractivity contribution in [2.45, 2.75) is 20.8 Å². The van der Waals surface area contributed by atoms with Gasteiger partial charge in [0.15, 0.2) is 5.69 Å². The van der Waals surface area contributed by atoms with E-state index in [4.69, 9.17) is 0 Å². The van der Waals surface area contributed by atoms with Gasteiger partial charge in [0.2, 0.25) is 0 Å². The maximum absolute atomic E-state index is 11.9. The average molecular weight is 300 g/mol. The number of hydrazone groups is 1. The molecule has 114 valence electrons. The Labute approximate surface area is 127 Å². The lowest BCUT2D eigenvalue weighted by molar-refractivity contribution is -0.135. The zero-order chi connectivity index (χ0) is 16.1. The number of carbonyl (C=O) groups excluding carboxylic acids is 2. The first-order chi connectivity index (χ1) is 10.5. The third kappa shape index (κ3) is 3.57. The van der Waals surface area contributed by atoms with Crippen LogP contribution in [0.5, 0.6) is 0 Å². The molecule has 1 heterocycles.